The number of carbonyl (C=O) groups is 1. The fourth-order valence-electron chi connectivity index (χ4n) is 2.30. The van der Waals surface area contributed by atoms with E-state index >= 15 is 0 Å². The molecule has 18 heavy (non-hydrogen) atoms. The van der Waals surface area contributed by atoms with E-state index in [2.05, 4.69) is 6.58 Å². The molecule has 0 N–H and O–H groups in total. The molecule has 0 saturated carbocycles. The number of hydrogen-bond donors (Lipinski definition) is 0. The first-order chi connectivity index (χ1) is 8.72. The van der Waals surface area contributed by atoms with Gasteiger partial charge in [0.25, 0.3) is 0 Å². The Bertz CT molecular complexity index is 568. The van der Waals surface area contributed by atoms with Crippen LogP contribution in [0.3, 0.4) is 0 Å². The number of cyclic esters (lactones) is 1. The maximum atomic E-state index is 11.7. The van der Waals surface area contributed by atoms with Crippen LogP contribution < -0.4 is 0 Å². The Labute approximate surface area is 110 Å². The van der Waals surface area contributed by atoms with E-state index in [1.54, 1.807) is 11.3 Å². The quantitative estimate of drug-likeness (QED) is 0.607. The Hall–Kier alpha value is -1.87. The Morgan fingerprint density at radius 3 is 2.50 bits per heavy atom. The van der Waals surface area contributed by atoms with Gasteiger partial charge in [-0.05, 0) is 11.4 Å². The van der Waals surface area contributed by atoms with Crippen LogP contribution in [0.4, 0.5) is 0 Å². The molecule has 1 atom stereocenters. The zero-order chi connectivity index (χ0) is 12.6. The molecular formula is C15H12O2S. The van der Waals surface area contributed by atoms with Crippen LogP contribution in [0.2, 0.25) is 0 Å². The standard InChI is InChI=1S/C15H12O2S/c1-11-10-15(17-14(11)16,13-8-5-9-18-13)12-6-3-2-4-7-12/h2-9H,1,10H2/t15-/m1/s1. The average Bonchev–Trinajstić information content (AvgIpc) is 3.01. The van der Waals surface area contributed by atoms with Crippen molar-refractivity contribution in [1.82, 2.24) is 0 Å². The van der Waals surface area contributed by atoms with Crippen molar-refractivity contribution in [3.05, 3.63) is 70.4 Å². The van der Waals surface area contributed by atoms with Gasteiger partial charge in [0, 0.05) is 17.6 Å². The van der Waals surface area contributed by atoms with Gasteiger partial charge < -0.3 is 4.74 Å². The van der Waals surface area contributed by atoms with Gasteiger partial charge >= 0.3 is 5.97 Å². The van der Waals surface area contributed by atoms with Crippen molar-refractivity contribution < 1.29 is 9.53 Å². The summed E-state index contributed by atoms with van der Waals surface area (Å²) in [6, 6.07) is 13.8. The molecule has 1 aromatic heterocycles. The molecule has 0 aliphatic carbocycles. The highest BCUT2D eigenvalue weighted by Crippen LogP contribution is 2.45. The Kier molecular flexibility index (Phi) is 2.56. The lowest BCUT2D eigenvalue weighted by Crippen LogP contribution is -2.25. The number of esters is 1. The third-order valence-electron chi connectivity index (χ3n) is 3.18. The van der Waals surface area contributed by atoms with Crippen molar-refractivity contribution >= 4 is 17.3 Å². The van der Waals surface area contributed by atoms with Gasteiger partial charge in [0.2, 0.25) is 0 Å². The van der Waals surface area contributed by atoms with Crippen molar-refractivity contribution in [2.24, 2.45) is 0 Å². The highest BCUT2D eigenvalue weighted by Gasteiger charge is 2.46. The Morgan fingerprint density at radius 1 is 1.17 bits per heavy atom. The molecule has 3 heteroatoms. The molecule has 3 rings (SSSR count). The highest BCUT2D eigenvalue weighted by atomic mass is 32.1. The summed E-state index contributed by atoms with van der Waals surface area (Å²) in [5.74, 6) is -0.299. The SMILES string of the molecule is C=C1C[C@@](c2ccccc2)(c2cccs2)OC1=O. The lowest BCUT2D eigenvalue weighted by atomic mass is 9.88. The summed E-state index contributed by atoms with van der Waals surface area (Å²) in [4.78, 5) is 12.8. The first-order valence-corrected chi connectivity index (χ1v) is 6.61. The van der Waals surface area contributed by atoms with Gasteiger partial charge in [-0.1, -0.05) is 43.0 Å². The lowest BCUT2D eigenvalue weighted by molar-refractivity contribution is -0.143. The van der Waals surface area contributed by atoms with Gasteiger partial charge in [-0.3, -0.25) is 0 Å². The summed E-state index contributed by atoms with van der Waals surface area (Å²) in [5.41, 5.74) is 0.857. The van der Waals surface area contributed by atoms with Crippen LogP contribution in [0.1, 0.15) is 16.9 Å². The maximum Gasteiger partial charge on any atom is 0.334 e. The van der Waals surface area contributed by atoms with E-state index < -0.39 is 5.60 Å². The second kappa shape index (κ2) is 4.10. The molecule has 90 valence electrons. The van der Waals surface area contributed by atoms with Crippen molar-refractivity contribution in [2.45, 2.75) is 12.0 Å². The zero-order valence-corrected chi connectivity index (χ0v) is 10.6. The van der Waals surface area contributed by atoms with Crippen molar-refractivity contribution in [3.63, 3.8) is 0 Å². The third-order valence-corrected chi connectivity index (χ3v) is 4.19. The minimum atomic E-state index is -0.677. The van der Waals surface area contributed by atoms with E-state index in [1.165, 1.54) is 0 Å². The summed E-state index contributed by atoms with van der Waals surface area (Å²) in [7, 11) is 0. The van der Waals surface area contributed by atoms with Crippen molar-refractivity contribution in [1.29, 1.82) is 0 Å². The van der Waals surface area contributed by atoms with Gasteiger partial charge in [-0.25, -0.2) is 4.79 Å². The second-order valence-corrected chi connectivity index (χ2v) is 5.29. The van der Waals surface area contributed by atoms with E-state index in [1.807, 2.05) is 47.8 Å². The number of carbonyl (C=O) groups excluding carboxylic acids is 1. The normalized spacial score (nSPS) is 23.1. The molecule has 0 spiro atoms. The molecule has 0 bridgehead atoms. The van der Waals surface area contributed by atoms with Crippen LogP contribution in [-0.2, 0) is 15.1 Å². The molecule has 2 nitrogen and oxygen atoms in total. The molecule has 2 heterocycles. The van der Waals surface area contributed by atoms with Gasteiger partial charge in [0.1, 0.15) is 0 Å². The van der Waals surface area contributed by atoms with E-state index in [0.717, 1.165) is 10.4 Å². The number of thiophene rings is 1. The second-order valence-electron chi connectivity index (χ2n) is 4.34. The van der Waals surface area contributed by atoms with Gasteiger partial charge in [0.15, 0.2) is 5.60 Å². The first-order valence-electron chi connectivity index (χ1n) is 5.73. The minimum Gasteiger partial charge on any atom is -0.445 e. The summed E-state index contributed by atoms with van der Waals surface area (Å²) >= 11 is 1.60. The molecule has 1 aliphatic heterocycles. The number of ether oxygens (including phenoxy) is 1. The fourth-order valence-corrected chi connectivity index (χ4v) is 3.18. The maximum absolute atomic E-state index is 11.7. The molecule has 0 unspecified atom stereocenters. The number of benzene rings is 1. The minimum absolute atomic E-state index is 0.299. The first kappa shape index (κ1) is 11.2. The average molecular weight is 256 g/mol. The molecule has 2 aromatic rings. The summed E-state index contributed by atoms with van der Waals surface area (Å²) < 4.78 is 5.66. The summed E-state index contributed by atoms with van der Waals surface area (Å²) in [5, 5.41) is 1.99. The van der Waals surface area contributed by atoms with Crippen LogP contribution in [0.5, 0.6) is 0 Å². The fraction of sp³-hybridized carbons (Fsp3) is 0.133. The molecule has 1 fully saturated rings. The van der Waals surface area contributed by atoms with Crippen LogP contribution >= 0.6 is 11.3 Å². The largest absolute Gasteiger partial charge is 0.445 e. The summed E-state index contributed by atoms with van der Waals surface area (Å²) in [6.45, 7) is 3.80. The monoisotopic (exact) mass is 256 g/mol. The Morgan fingerprint density at radius 2 is 1.94 bits per heavy atom. The van der Waals surface area contributed by atoms with Crippen LogP contribution in [0.25, 0.3) is 0 Å². The van der Waals surface area contributed by atoms with E-state index in [-0.39, 0.29) is 5.97 Å². The Balaban J connectivity index is 2.17. The van der Waals surface area contributed by atoms with Gasteiger partial charge in [0.05, 0.1) is 4.88 Å². The van der Waals surface area contributed by atoms with E-state index in [4.69, 9.17) is 4.74 Å². The lowest BCUT2D eigenvalue weighted by Gasteiger charge is -2.26. The van der Waals surface area contributed by atoms with E-state index in [9.17, 15) is 4.79 Å². The molecular weight excluding hydrogens is 244 g/mol. The van der Waals surface area contributed by atoms with E-state index in [0.29, 0.717) is 12.0 Å². The molecule has 1 aromatic carbocycles. The third kappa shape index (κ3) is 1.59. The predicted octanol–water partition coefficient (Wildman–Crippen LogP) is 3.49. The number of hydrogen-bond acceptors (Lipinski definition) is 3. The van der Waals surface area contributed by atoms with Gasteiger partial charge in [-0.2, -0.15) is 0 Å². The topological polar surface area (TPSA) is 26.3 Å². The van der Waals surface area contributed by atoms with Crippen LogP contribution in [-0.4, -0.2) is 5.97 Å². The van der Waals surface area contributed by atoms with Crippen LogP contribution in [0.15, 0.2) is 60.0 Å². The molecule has 1 saturated heterocycles. The zero-order valence-electron chi connectivity index (χ0n) is 9.76. The molecule has 0 amide bonds. The summed E-state index contributed by atoms with van der Waals surface area (Å²) in [6.07, 6.45) is 0.524. The molecule has 0 radical (unpaired) electrons. The van der Waals surface area contributed by atoms with Crippen molar-refractivity contribution in [3.8, 4) is 0 Å². The van der Waals surface area contributed by atoms with Gasteiger partial charge in [-0.15, -0.1) is 11.3 Å². The smallest absolute Gasteiger partial charge is 0.334 e. The molecule has 1 aliphatic rings. The van der Waals surface area contributed by atoms with Crippen molar-refractivity contribution in [2.75, 3.05) is 0 Å². The van der Waals surface area contributed by atoms with Crippen LogP contribution in [0, 0.1) is 0 Å². The number of rotatable bonds is 2. The predicted molar refractivity (Wildman–Crippen MR) is 71.4 cm³/mol. The highest BCUT2D eigenvalue weighted by molar-refractivity contribution is 7.10.